The number of hydrogen-bond acceptors (Lipinski definition) is 6. The SMILES string of the molecule is CC(OC(=O)c1cccc(S(=O)(=O)NCc2cccs2)c1)c1nc2ccccc2n1C(F)F. The van der Waals surface area contributed by atoms with Gasteiger partial charge in [-0.1, -0.05) is 24.3 Å². The van der Waals surface area contributed by atoms with Gasteiger partial charge in [-0.25, -0.2) is 22.9 Å². The van der Waals surface area contributed by atoms with Crippen molar-refractivity contribution in [1.29, 1.82) is 0 Å². The number of ether oxygens (including phenoxy) is 1. The van der Waals surface area contributed by atoms with Gasteiger partial charge in [0.2, 0.25) is 10.0 Å². The third-order valence-corrected chi connectivity index (χ3v) is 7.14. The van der Waals surface area contributed by atoms with Gasteiger partial charge in [0.25, 0.3) is 0 Å². The molecule has 0 aliphatic rings. The number of carbonyl (C=O) groups excluding carboxylic acids is 1. The number of thiophene rings is 1. The van der Waals surface area contributed by atoms with E-state index >= 15 is 0 Å². The monoisotopic (exact) mass is 491 g/mol. The topological polar surface area (TPSA) is 90.3 Å². The zero-order valence-corrected chi connectivity index (χ0v) is 18.9. The molecule has 0 saturated carbocycles. The maximum Gasteiger partial charge on any atom is 0.338 e. The first kappa shape index (κ1) is 23.0. The van der Waals surface area contributed by atoms with Gasteiger partial charge in [-0.15, -0.1) is 11.3 Å². The second-order valence-electron chi connectivity index (χ2n) is 7.09. The Balaban J connectivity index is 1.53. The largest absolute Gasteiger partial charge is 0.451 e. The van der Waals surface area contributed by atoms with E-state index in [0.717, 1.165) is 4.88 Å². The van der Waals surface area contributed by atoms with Crippen LogP contribution in [0.15, 0.2) is 70.9 Å². The summed E-state index contributed by atoms with van der Waals surface area (Å²) in [6.45, 7) is -1.33. The van der Waals surface area contributed by atoms with Crippen LogP contribution in [0.1, 0.15) is 40.6 Å². The molecule has 4 aromatic rings. The summed E-state index contributed by atoms with van der Waals surface area (Å²) in [5, 5.41) is 1.84. The van der Waals surface area contributed by atoms with Gasteiger partial charge < -0.3 is 4.74 Å². The smallest absolute Gasteiger partial charge is 0.338 e. The summed E-state index contributed by atoms with van der Waals surface area (Å²) in [5.41, 5.74) is 0.538. The maximum absolute atomic E-state index is 13.7. The molecule has 0 spiro atoms. The number of para-hydroxylation sites is 2. The molecule has 1 N–H and O–H groups in total. The second-order valence-corrected chi connectivity index (χ2v) is 9.88. The summed E-state index contributed by atoms with van der Waals surface area (Å²) in [7, 11) is -3.88. The van der Waals surface area contributed by atoms with E-state index in [2.05, 4.69) is 9.71 Å². The molecule has 0 aliphatic carbocycles. The molecule has 7 nitrogen and oxygen atoms in total. The molecular weight excluding hydrogens is 472 g/mol. The summed E-state index contributed by atoms with van der Waals surface area (Å²) in [4.78, 5) is 17.6. The van der Waals surface area contributed by atoms with Gasteiger partial charge in [-0.3, -0.25) is 4.57 Å². The number of alkyl halides is 2. The molecule has 172 valence electrons. The summed E-state index contributed by atoms with van der Waals surface area (Å²) in [6, 6.07) is 15.3. The van der Waals surface area contributed by atoms with Crippen LogP contribution < -0.4 is 4.72 Å². The number of sulfonamides is 1. The molecule has 11 heteroatoms. The highest BCUT2D eigenvalue weighted by molar-refractivity contribution is 7.89. The third-order valence-electron chi connectivity index (χ3n) is 4.86. The van der Waals surface area contributed by atoms with Crippen molar-refractivity contribution in [2.75, 3.05) is 0 Å². The highest BCUT2D eigenvalue weighted by Crippen LogP contribution is 2.28. The molecule has 1 unspecified atom stereocenters. The van der Waals surface area contributed by atoms with Gasteiger partial charge in [-0.2, -0.15) is 8.78 Å². The van der Waals surface area contributed by atoms with Crippen LogP contribution in [0.5, 0.6) is 0 Å². The van der Waals surface area contributed by atoms with Gasteiger partial charge in [0, 0.05) is 11.4 Å². The zero-order valence-electron chi connectivity index (χ0n) is 17.3. The molecule has 0 aliphatic heterocycles. The van der Waals surface area contributed by atoms with Gasteiger partial charge in [0.05, 0.1) is 21.5 Å². The van der Waals surface area contributed by atoms with Crippen molar-refractivity contribution in [3.8, 4) is 0 Å². The number of imidazole rings is 1. The molecule has 4 rings (SSSR count). The number of benzene rings is 2. The average Bonchev–Trinajstić information content (AvgIpc) is 3.45. The van der Waals surface area contributed by atoms with Crippen molar-refractivity contribution in [3.63, 3.8) is 0 Å². The minimum Gasteiger partial charge on any atom is -0.451 e. The van der Waals surface area contributed by atoms with E-state index in [1.54, 1.807) is 24.3 Å². The number of rotatable bonds is 8. The second kappa shape index (κ2) is 9.38. The van der Waals surface area contributed by atoms with Crippen molar-refractivity contribution in [1.82, 2.24) is 14.3 Å². The minimum absolute atomic E-state index is 0.0273. The Bertz CT molecular complexity index is 1390. The van der Waals surface area contributed by atoms with Crippen LogP contribution in [0.3, 0.4) is 0 Å². The molecule has 0 saturated heterocycles. The number of esters is 1. The summed E-state index contributed by atoms with van der Waals surface area (Å²) < 4.78 is 61.1. The van der Waals surface area contributed by atoms with Crippen LogP contribution in [0.25, 0.3) is 11.0 Å². The number of aromatic nitrogens is 2. The standard InChI is InChI=1S/C22H19F2N3O4S2/c1-14(20-26-18-9-2-3-10-19(18)27(20)22(23)24)31-21(28)15-6-4-8-17(12-15)33(29,30)25-13-16-7-5-11-32-16/h2-12,14,22,25H,13H2,1H3. The van der Waals surface area contributed by atoms with Crippen molar-refractivity contribution < 1.29 is 26.7 Å². The molecule has 0 fully saturated rings. The Hall–Kier alpha value is -3.15. The normalized spacial score (nSPS) is 12.8. The molecule has 0 bridgehead atoms. The molecule has 33 heavy (non-hydrogen) atoms. The van der Waals surface area contributed by atoms with Crippen LogP contribution in [-0.2, 0) is 21.3 Å². The van der Waals surface area contributed by atoms with Gasteiger partial charge >= 0.3 is 12.5 Å². The van der Waals surface area contributed by atoms with E-state index < -0.39 is 28.6 Å². The highest BCUT2D eigenvalue weighted by atomic mass is 32.2. The van der Waals surface area contributed by atoms with Gasteiger partial charge in [0.15, 0.2) is 11.9 Å². The quantitative estimate of drug-likeness (QED) is 0.355. The predicted molar refractivity (Wildman–Crippen MR) is 120 cm³/mol. The number of nitrogens with one attached hydrogen (secondary N) is 1. The zero-order chi connectivity index (χ0) is 23.6. The number of halogens is 2. The van der Waals surface area contributed by atoms with Gasteiger partial charge in [0.1, 0.15) is 0 Å². The first-order chi connectivity index (χ1) is 15.8. The molecule has 0 radical (unpaired) electrons. The maximum atomic E-state index is 13.7. The van der Waals surface area contributed by atoms with Crippen LogP contribution in [0, 0.1) is 0 Å². The Labute approximate surface area is 192 Å². The fourth-order valence-corrected chi connectivity index (χ4v) is 5.08. The van der Waals surface area contributed by atoms with E-state index in [4.69, 9.17) is 4.74 Å². The van der Waals surface area contributed by atoms with Crippen molar-refractivity contribution in [2.45, 2.75) is 31.0 Å². The van der Waals surface area contributed by atoms with E-state index in [0.29, 0.717) is 10.1 Å². The van der Waals surface area contributed by atoms with Crippen LogP contribution in [-0.4, -0.2) is 23.9 Å². The highest BCUT2D eigenvalue weighted by Gasteiger charge is 2.25. The average molecular weight is 492 g/mol. The number of carbonyl (C=O) groups is 1. The number of hydrogen-bond donors (Lipinski definition) is 1. The van der Waals surface area contributed by atoms with Crippen molar-refractivity contribution >= 4 is 38.4 Å². The third kappa shape index (κ3) is 4.95. The lowest BCUT2D eigenvalue weighted by molar-refractivity contribution is 0.0233. The first-order valence-electron chi connectivity index (χ1n) is 9.84. The van der Waals surface area contributed by atoms with Gasteiger partial charge in [-0.05, 0) is 48.7 Å². The molecule has 0 amide bonds. The number of nitrogens with zero attached hydrogens (tertiary/aromatic N) is 2. The minimum atomic E-state index is -3.88. The molecule has 2 aromatic heterocycles. The Morgan fingerprint density at radius 2 is 1.94 bits per heavy atom. The predicted octanol–water partition coefficient (Wildman–Crippen LogP) is 4.89. The van der Waals surface area contributed by atoms with Crippen LogP contribution in [0.2, 0.25) is 0 Å². The summed E-state index contributed by atoms with van der Waals surface area (Å²) >= 11 is 1.41. The molecule has 2 aromatic carbocycles. The first-order valence-corrected chi connectivity index (χ1v) is 12.2. The molecular formula is C22H19F2N3O4S2. The molecule has 1 atom stereocenters. The summed E-state index contributed by atoms with van der Waals surface area (Å²) in [5.74, 6) is -0.966. The fourth-order valence-electron chi connectivity index (χ4n) is 3.29. The Morgan fingerprint density at radius 1 is 1.15 bits per heavy atom. The molecule has 2 heterocycles. The lowest BCUT2D eigenvalue weighted by atomic mass is 10.2. The number of fused-ring (bicyclic) bond motifs is 1. The fraction of sp³-hybridized carbons (Fsp3) is 0.182. The lowest BCUT2D eigenvalue weighted by Gasteiger charge is -2.15. The van der Waals surface area contributed by atoms with E-state index in [-0.39, 0.29) is 28.3 Å². The van der Waals surface area contributed by atoms with Crippen LogP contribution >= 0.6 is 11.3 Å². The van der Waals surface area contributed by atoms with E-state index in [9.17, 15) is 22.0 Å². The van der Waals surface area contributed by atoms with Crippen LogP contribution in [0.4, 0.5) is 8.78 Å². The Morgan fingerprint density at radius 3 is 2.67 bits per heavy atom. The van der Waals surface area contributed by atoms with E-state index in [1.807, 2.05) is 11.4 Å². The van der Waals surface area contributed by atoms with Crippen molar-refractivity contribution in [2.24, 2.45) is 0 Å². The van der Waals surface area contributed by atoms with Crippen molar-refractivity contribution in [3.05, 3.63) is 82.3 Å². The summed E-state index contributed by atoms with van der Waals surface area (Å²) in [6.07, 6.45) is -1.10. The van der Waals surface area contributed by atoms with E-state index in [1.165, 1.54) is 48.6 Å². The Kier molecular flexibility index (Phi) is 6.54. The lowest BCUT2D eigenvalue weighted by Crippen LogP contribution is -2.23.